The zero-order valence-electron chi connectivity index (χ0n) is 14.4. The second-order valence-electron chi connectivity index (χ2n) is 6.50. The van der Waals surface area contributed by atoms with Crippen molar-refractivity contribution in [2.45, 2.75) is 18.9 Å². The molecule has 0 aliphatic carbocycles. The van der Waals surface area contributed by atoms with Gasteiger partial charge in [0.2, 0.25) is 5.95 Å². The Morgan fingerprint density at radius 3 is 2.96 bits per heavy atom. The standard InChI is InChI=1S/C18H20N6O2/c19-10-13-9-15(21-11-13)17(25)24-7-8-26-16(12-24)14-3-4-20-18(22-14)23-5-1-2-6-23/h3-4,9,11,16,21H,1-2,5-8,12H2. The maximum atomic E-state index is 12.7. The average molecular weight is 352 g/mol. The third-order valence-electron chi connectivity index (χ3n) is 4.78. The molecule has 26 heavy (non-hydrogen) atoms. The van der Waals surface area contributed by atoms with Gasteiger partial charge in [-0.15, -0.1) is 0 Å². The Balaban J connectivity index is 1.49. The van der Waals surface area contributed by atoms with Gasteiger partial charge in [0.1, 0.15) is 17.9 Å². The fourth-order valence-corrected chi connectivity index (χ4v) is 3.38. The van der Waals surface area contributed by atoms with Crippen LogP contribution in [0.3, 0.4) is 0 Å². The lowest BCUT2D eigenvalue weighted by atomic mass is 10.2. The summed E-state index contributed by atoms with van der Waals surface area (Å²) in [6.07, 6.45) is 5.34. The van der Waals surface area contributed by atoms with Crippen LogP contribution in [0.15, 0.2) is 24.5 Å². The molecule has 2 saturated heterocycles. The molecule has 2 aliphatic heterocycles. The Bertz CT molecular complexity index is 836. The van der Waals surface area contributed by atoms with Gasteiger partial charge < -0.3 is 19.5 Å². The van der Waals surface area contributed by atoms with Crippen molar-refractivity contribution >= 4 is 11.9 Å². The van der Waals surface area contributed by atoms with Crippen LogP contribution in [-0.4, -0.2) is 58.5 Å². The summed E-state index contributed by atoms with van der Waals surface area (Å²) in [7, 11) is 0. The number of anilines is 1. The number of aromatic nitrogens is 3. The van der Waals surface area contributed by atoms with Crippen molar-refractivity contribution in [3.63, 3.8) is 0 Å². The summed E-state index contributed by atoms with van der Waals surface area (Å²) in [5.74, 6) is 0.601. The minimum atomic E-state index is -0.276. The molecular weight excluding hydrogens is 332 g/mol. The van der Waals surface area contributed by atoms with E-state index in [1.807, 2.05) is 12.1 Å². The van der Waals surface area contributed by atoms with Crippen molar-refractivity contribution in [3.05, 3.63) is 41.5 Å². The Kier molecular flexibility index (Phi) is 4.54. The number of carbonyl (C=O) groups is 1. The molecule has 1 amide bonds. The number of carbonyl (C=O) groups excluding carboxylic acids is 1. The minimum absolute atomic E-state index is 0.131. The first kappa shape index (κ1) is 16.5. The summed E-state index contributed by atoms with van der Waals surface area (Å²) in [4.78, 5) is 28.5. The van der Waals surface area contributed by atoms with Crippen LogP contribution < -0.4 is 4.90 Å². The molecule has 2 aliphatic rings. The van der Waals surface area contributed by atoms with E-state index in [1.54, 1.807) is 17.2 Å². The van der Waals surface area contributed by atoms with E-state index in [0.29, 0.717) is 31.0 Å². The van der Waals surface area contributed by atoms with Gasteiger partial charge in [-0.1, -0.05) is 0 Å². The maximum absolute atomic E-state index is 12.7. The lowest BCUT2D eigenvalue weighted by Crippen LogP contribution is -2.42. The van der Waals surface area contributed by atoms with Gasteiger partial charge in [-0.25, -0.2) is 9.97 Å². The summed E-state index contributed by atoms with van der Waals surface area (Å²) in [6, 6.07) is 5.44. The highest BCUT2D eigenvalue weighted by Gasteiger charge is 2.28. The molecule has 0 saturated carbocycles. The molecule has 1 atom stereocenters. The van der Waals surface area contributed by atoms with Crippen LogP contribution in [0.25, 0.3) is 0 Å². The Labute approximate surface area is 151 Å². The predicted octanol–water partition coefficient (Wildman–Crippen LogP) is 1.49. The van der Waals surface area contributed by atoms with Crippen molar-refractivity contribution in [2.24, 2.45) is 0 Å². The van der Waals surface area contributed by atoms with Crippen molar-refractivity contribution < 1.29 is 9.53 Å². The summed E-state index contributed by atoms with van der Waals surface area (Å²) in [5.41, 5.74) is 1.66. The highest BCUT2D eigenvalue weighted by atomic mass is 16.5. The molecule has 1 N–H and O–H groups in total. The number of H-pyrrole nitrogens is 1. The monoisotopic (exact) mass is 352 g/mol. The topological polar surface area (TPSA) is 98.1 Å². The zero-order valence-corrected chi connectivity index (χ0v) is 14.4. The number of hydrogen-bond acceptors (Lipinski definition) is 6. The van der Waals surface area contributed by atoms with Crippen LogP contribution in [0.1, 0.15) is 40.7 Å². The molecule has 4 rings (SSSR count). The van der Waals surface area contributed by atoms with Gasteiger partial charge in [-0.05, 0) is 25.0 Å². The van der Waals surface area contributed by atoms with Gasteiger partial charge in [-0.2, -0.15) is 5.26 Å². The molecule has 0 spiro atoms. The number of ether oxygens (including phenoxy) is 1. The van der Waals surface area contributed by atoms with Crippen LogP contribution in [0.5, 0.6) is 0 Å². The van der Waals surface area contributed by atoms with Crippen molar-refractivity contribution in [1.82, 2.24) is 19.9 Å². The normalized spacial score (nSPS) is 20.2. The number of nitrogens with zero attached hydrogens (tertiary/aromatic N) is 5. The summed E-state index contributed by atoms with van der Waals surface area (Å²) in [5, 5.41) is 8.92. The van der Waals surface area contributed by atoms with E-state index in [0.717, 1.165) is 37.6 Å². The van der Waals surface area contributed by atoms with Gasteiger partial charge >= 0.3 is 0 Å². The van der Waals surface area contributed by atoms with Crippen molar-refractivity contribution in [2.75, 3.05) is 37.7 Å². The molecule has 1 unspecified atom stereocenters. The van der Waals surface area contributed by atoms with E-state index in [4.69, 9.17) is 10.00 Å². The van der Waals surface area contributed by atoms with Crippen LogP contribution in [0, 0.1) is 11.3 Å². The number of hydrogen-bond donors (Lipinski definition) is 1. The third-order valence-corrected chi connectivity index (χ3v) is 4.78. The predicted molar refractivity (Wildman–Crippen MR) is 93.6 cm³/mol. The van der Waals surface area contributed by atoms with E-state index in [9.17, 15) is 4.79 Å². The summed E-state index contributed by atoms with van der Waals surface area (Å²) in [6.45, 7) is 3.35. The second kappa shape index (κ2) is 7.14. The molecule has 4 heterocycles. The molecule has 8 nitrogen and oxygen atoms in total. The summed E-state index contributed by atoms with van der Waals surface area (Å²) >= 11 is 0. The molecule has 2 aromatic heterocycles. The van der Waals surface area contributed by atoms with Gasteiger partial charge in [-0.3, -0.25) is 4.79 Å². The number of rotatable bonds is 3. The van der Waals surface area contributed by atoms with Gasteiger partial charge in [0.15, 0.2) is 0 Å². The number of aromatic amines is 1. The third kappa shape index (κ3) is 3.26. The van der Waals surface area contributed by atoms with Crippen LogP contribution in [0.2, 0.25) is 0 Å². The Morgan fingerprint density at radius 1 is 1.35 bits per heavy atom. The first-order valence-electron chi connectivity index (χ1n) is 8.82. The van der Waals surface area contributed by atoms with E-state index in [2.05, 4.69) is 19.9 Å². The van der Waals surface area contributed by atoms with Gasteiger partial charge in [0, 0.05) is 32.0 Å². The molecule has 8 heteroatoms. The molecule has 0 radical (unpaired) electrons. The molecule has 0 aromatic carbocycles. The number of nitrogens with one attached hydrogen (secondary N) is 1. The summed E-state index contributed by atoms with van der Waals surface area (Å²) < 4.78 is 5.86. The van der Waals surface area contributed by atoms with Crippen LogP contribution >= 0.6 is 0 Å². The molecule has 0 bridgehead atoms. The van der Waals surface area contributed by atoms with Crippen LogP contribution in [-0.2, 0) is 4.74 Å². The Hall–Kier alpha value is -2.92. The SMILES string of the molecule is N#Cc1c[nH]c(C(=O)N2CCOC(c3ccnc(N4CCCC4)n3)C2)c1. The zero-order chi connectivity index (χ0) is 17.9. The first-order chi connectivity index (χ1) is 12.7. The number of morpholine rings is 1. The smallest absolute Gasteiger partial charge is 0.270 e. The van der Waals surface area contributed by atoms with Crippen molar-refractivity contribution in [1.29, 1.82) is 5.26 Å². The highest BCUT2D eigenvalue weighted by molar-refractivity contribution is 5.93. The molecule has 2 fully saturated rings. The van der Waals surface area contributed by atoms with E-state index in [1.165, 1.54) is 6.20 Å². The van der Waals surface area contributed by atoms with Crippen molar-refractivity contribution in [3.8, 4) is 6.07 Å². The lowest BCUT2D eigenvalue weighted by Gasteiger charge is -2.32. The minimum Gasteiger partial charge on any atom is -0.368 e. The maximum Gasteiger partial charge on any atom is 0.270 e. The lowest BCUT2D eigenvalue weighted by molar-refractivity contribution is -0.0249. The molecule has 2 aromatic rings. The highest BCUT2D eigenvalue weighted by Crippen LogP contribution is 2.24. The molecular formula is C18H20N6O2. The fourth-order valence-electron chi connectivity index (χ4n) is 3.38. The second-order valence-corrected chi connectivity index (χ2v) is 6.50. The largest absolute Gasteiger partial charge is 0.368 e. The average Bonchev–Trinajstić information content (AvgIpc) is 3.39. The van der Waals surface area contributed by atoms with E-state index < -0.39 is 0 Å². The Morgan fingerprint density at radius 2 is 2.19 bits per heavy atom. The van der Waals surface area contributed by atoms with Gasteiger partial charge in [0.25, 0.3) is 5.91 Å². The quantitative estimate of drug-likeness (QED) is 0.899. The van der Waals surface area contributed by atoms with E-state index in [-0.39, 0.29) is 12.0 Å². The van der Waals surface area contributed by atoms with Gasteiger partial charge in [0.05, 0.1) is 24.4 Å². The fraction of sp³-hybridized carbons (Fsp3) is 0.444. The number of amides is 1. The molecule has 134 valence electrons. The first-order valence-corrected chi connectivity index (χ1v) is 8.82. The van der Waals surface area contributed by atoms with E-state index >= 15 is 0 Å². The van der Waals surface area contributed by atoms with Crippen LogP contribution in [0.4, 0.5) is 5.95 Å². The number of nitriles is 1.